The Labute approximate surface area is 68.4 Å². The number of nitrogens with zero attached hydrogens (tertiary/aromatic N) is 1. The van der Waals surface area contributed by atoms with Crippen LogP contribution in [0.4, 0.5) is 0 Å². The molecule has 1 rings (SSSR count). The SMILES string of the molecule is CC(C)CC(=S)N1CCC1. The molecule has 0 aromatic carbocycles. The normalized spacial score (nSPS) is 17.3. The zero-order valence-electron chi connectivity index (χ0n) is 6.76. The Bertz CT molecular complexity index is 127. The van der Waals surface area contributed by atoms with E-state index in [0.29, 0.717) is 5.92 Å². The van der Waals surface area contributed by atoms with E-state index < -0.39 is 0 Å². The maximum atomic E-state index is 5.23. The van der Waals surface area contributed by atoms with E-state index >= 15 is 0 Å². The predicted octanol–water partition coefficient (Wildman–Crippen LogP) is 2.07. The molecule has 1 nitrogen and oxygen atoms in total. The largest absolute Gasteiger partial charge is 0.366 e. The summed E-state index contributed by atoms with van der Waals surface area (Å²) in [6.07, 6.45) is 2.42. The van der Waals surface area contributed by atoms with Crippen LogP contribution < -0.4 is 0 Å². The molecule has 2 heteroatoms. The summed E-state index contributed by atoms with van der Waals surface area (Å²) in [6, 6.07) is 0. The van der Waals surface area contributed by atoms with Crippen LogP contribution in [0.3, 0.4) is 0 Å². The summed E-state index contributed by atoms with van der Waals surface area (Å²) < 4.78 is 0. The maximum absolute atomic E-state index is 5.23. The van der Waals surface area contributed by atoms with Crippen molar-refractivity contribution in [3.05, 3.63) is 0 Å². The Hall–Kier alpha value is -0.110. The van der Waals surface area contributed by atoms with Crippen molar-refractivity contribution in [3.63, 3.8) is 0 Å². The molecule has 0 bridgehead atoms. The zero-order valence-corrected chi connectivity index (χ0v) is 7.58. The Kier molecular flexibility index (Phi) is 2.66. The standard InChI is InChI=1S/C8H15NS/c1-7(2)6-8(10)9-4-3-5-9/h7H,3-6H2,1-2H3. The predicted molar refractivity (Wildman–Crippen MR) is 48.2 cm³/mol. The van der Waals surface area contributed by atoms with Crippen LogP contribution in [0.5, 0.6) is 0 Å². The van der Waals surface area contributed by atoms with E-state index in [1.807, 2.05) is 0 Å². The van der Waals surface area contributed by atoms with Gasteiger partial charge in [0.1, 0.15) is 0 Å². The van der Waals surface area contributed by atoms with Gasteiger partial charge in [0.25, 0.3) is 0 Å². The van der Waals surface area contributed by atoms with Crippen LogP contribution in [0, 0.1) is 5.92 Å². The Balaban J connectivity index is 2.20. The fourth-order valence-electron chi connectivity index (χ4n) is 1.04. The Morgan fingerprint density at radius 3 is 2.40 bits per heavy atom. The number of rotatable bonds is 2. The van der Waals surface area contributed by atoms with Gasteiger partial charge in [-0.05, 0) is 12.3 Å². The van der Waals surface area contributed by atoms with E-state index in [0.717, 1.165) is 6.42 Å². The Morgan fingerprint density at radius 2 is 2.10 bits per heavy atom. The van der Waals surface area contributed by atoms with Crippen molar-refractivity contribution < 1.29 is 0 Å². The van der Waals surface area contributed by atoms with Gasteiger partial charge in [0.15, 0.2) is 0 Å². The average Bonchev–Trinajstić information content (AvgIpc) is 1.55. The summed E-state index contributed by atoms with van der Waals surface area (Å²) in [5.41, 5.74) is 0. The van der Waals surface area contributed by atoms with Crippen molar-refractivity contribution in [1.29, 1.82) is 0 Å². The monoisotopic (exact) mass is 157 g/mol. The van der Waals surface area contributed by atoms with E-state index in [4.69, 9.17) is 12.2 Å². The summed E-state index contributed by atoms with van der Waals surface area (Å²) >= 11 is 5.23. The van der Waals surface area contributed by atoms with Gasteiger partial charge in [-0.1, -0.05) is 26.1 Å². The smallest absolute Gasteiger partial charge is 0.0781 e. The van der Waals surface area contributed by atoms with E-state index in [-0.39, 0.29) is 0 Å². The molecule has 10 heavy (non-hydrogen) atoms. The molecule has 0 aromatic heterocycles. The lowest BCUT2D eigenvalue weighted by molar-refractivity contribution is 0.296. The van der Waals surface area contributed by atoms with Crippen LogP contribution in [0.15, 0.2) is 0 Å². The second-order valence-corrected chi connectivity index (χ2v) is 3.80. The van der Waals surface area contributed by atoms with Gasteiger partial charge in [-0.2, -0.15) is 0 Å². The molecule has 1 aliphatic rings. The molecule has 0 N–H and O–H groups in total. The van der Waals surface area contributed by atoms with E-state index in [9.17, 15) is 0 Å². The number of hydrogen-bond donors (Lipinski definition) is 0. The minimum absolute atomic E-state index is 0.716. The van der Waals surface area contributed by atoms with Crippen molar-refractivity contribution in [2.75, 3.05) is 13.1 Å². The molecule has 0 amide bonds. The van der Waals surface area contributed by atoms with Gasteiger partial charge in [-0.25, -0.2) is 0 Å². The molecule has 0 radical (unpaired) electrons. The third kappa shape index (κ3) is 1.94. The van der Waals surface area contributed by atoms with Gasteiger partial charge in [-0.3, -0.25) is 0 Å². The molecular weight excluding hydrogens is 142 g/mol. The Morgan fingerprint density at radius 1 is 1.50 bits per heavy atom. The minimum Gasteiger partial charge on any atom is -0.366 e. The second-order valence-electron chi connectivity index (χ2n) is 3.33. The molecule has 58 valence electrons. The lowest BCUT2D eigenvalue weighted by atomic mass is 10.1. The topological polar surface area (TPSA) is 3.24 Å². The van der Waals surface area contributed by atoms with E-state index in [1.54, 1.807) is 0 Å². The lowest BCUT2D eigenvalue weighted by Crippen LogP contribution is -2.41. The summed E-state index contributed by atoms with van der Waals surface area (Å²) in [5, 5.41) is 0. The summed E-state index contributed by atoms with van der Waals surface area (Å²) in [6.45, 7) is 6.83. The van der Waals surface area contributed by atoms with Crippen LogP contribution >= 0.6 is 12.2 Å². The van der Waals surface area contributed by atoms with Gasteiger partial charge in [-0.15, -0.1) is 0 Å². The van der Waals surface area contributed by atoms with E-state index in [2.05, 4.69) is 18.7 Å². The highest BCUT2D eigenvalue weighted by Crippen LogP contribution is 2.12. The summed E-state index contributed by atoms with van der Waals surface area (Å²) in [7, 11) is 0. The third-order valence-electron chi connectivity index (χ3n) is 1.79. The first-order valence-corrected chi connectivity index (χ1v) is 4.38. The first kappa shape index (κ1) is 7.99. The summed E-state index contributed by atoms with van der Waals surface area (Å²) in [4.78, 5) is 3.47. The third-order valence-corrected chi connectivity index (χ3v) is 2.22. The molecule has 0 saturated carbocycles. The molecular formula is C8H15NS. The quantitative estimate of drug-likeness (QED) is 0.564. The molecule has 1 fully saturated rings. The highest BCUT2D eigenvalue weighted by Gasteiger charge is 2.16. The van der Waals surface area contributed by atoms with Gasteiger partial charge in [0, 0.05) is 19.5 Å². The zero-order chi connectivity index (χ0) is 7.56. The molecule has 0 atom stereocenters. The van der Waals surface area contributed by atoms with Gasteiger partial charge in [0.05, 0.1) is 4.99 Å². The van der Waals surface area contributed by atoms with E-state index in [1.165, 1.54) is 24.5 Å². The van der Waals surface area contributed by atoms with Crippen molar-refractivity contribution in [2.24, 2.45) is 5.92 Å². The molecule has 0 aliphatic carbocycles. The average molecular weight is 157 g/mol. The second kappa shape index (κ2) is 3.33. The fourth-order valence-corrected chi connectivity index (χ4v) is 1.56. The van der Waals surface area contributed by atoms with Crippen molar-refractivity contribution in [2.45, 2.75) is 26.7 Å². The highest BCUT2D eigenvalue weighted by molar-refractivity contribution is 7.80. The van der Waals surface area contributed by atoms with Crippen molar-refractivity contribution in [3.8, 4) is 0 Å². The summed E-state index contributed by atoms with van der Waals surface area (Å²) in [5.74, 6) is 0.716. The maximum Gasteiger partial charge on any atom is 0.0781 e. The van der Waals surface area contributed by atoms with Crippen molar-refractivity contribution >= 4 is 17.2 Å². The molecule has 0 unspecified atom stereocenters. The molecule has 1 saturated heterocycles. The van der Waals surface area contributed by atoms with Crippen LogP contribution in [0.2, 0.25) is 0 Å². The number of hydrogen-bond acceptors (Lipinski definition) is 1. The van der Waals surface area contributed by atoms with Gasteiger partial charge < -0.3 is 4.90 Å². The van der Waals surface area contributed by atoms with Gasteiger partial charge >= 0.3 is 0 Å². The van der Waals surface area contributed by atoms with Crippen molar-refractivity contribution in [1.82, 2.24) is 4.90 Å². The number of likely N-dealkylation sites (tertiary alicyclic amines) is 1. The molecule has 0 aromatic rings. The fraction of sp³-hybridized carbons (Fsp3) is 0.875. The van der Waals surface area contributed by atoms with Crippen LogP contribution in [-0.2, 0) is 0 Å². The first-order valence-electron chi connectivity index (χ1n) is 3.98. The minimum atomic E-state index is 0.716. The lowest BCUT2D eigenvalue weighted by Gasteiger charge is -2.34. The first-order chi connectivity index (χ1) is 4.70. The molecule has 1 heterocycles. The molecule has 0 spiro atoms. The van der Waals surface area contributed by atoms with Crippen LogP contribution in [-0.4, -0.2) is 23.0 Å². The number of thiocarbonyl (C=S) groups is 1. The molecule has 1 aliphatic heterocycles. The van der Waals surface area contributed by atoms with Crippen LogP contribution in [0.1, 0.15) is 26.7 Å². The highest BCUT2D eigenvalue weighted by atomic mass is 32.1. The van der Waals surface area contributed by atoms with Gasteiger partial charge in [0.2, 0.25) is 0 Å². The van der Waals surface area contributed by atoms with Crippen LogP contribution in [0.25, 0.3) is 0 Å².